The average Bonchev–Trinajstić information content (AvgIpc) is 2.64. The highest BCUT2D eigenvalue weighted by molar-refractivity contribution is 7.46. The van der Waals surface area contributed by atoms with Gasteiger partial charge in [-0.3, -0.25) is 14.3 Å². The van der Waals surface area contributed by atoms with E-state index in [1.165, 1.54) is 6.92 Å². The van der Waals surface area contributed by atoms with Crippen LogP contribution in [0, 0.1) is 0 Å². The zero-order chi connectivity index (χ0) is 19.9. The number of amides is 1. The van der Waals surface area contributed by atoms with Crippen LogP contribution in [-0.4, -0.2) is 44.5 Å². The standard InChI is InChI=1S/C18H21N2O6P/c1-13(26-27(23,24)25)17(12-21)20-18(22)15-8-5-14(6-9-15)7-10-16-4-2-3-11-19-16/h2-11,13,17,21H,12H2,1H3,(H,20,22)(H2,23,24,25)/b10-7+/t13-,17-/m0/s1. The molecule has 9 heteroatoms. The third-order valence-electron chi connectivity index (χ3n) is 3.69. The molecule has 0 aliphatic heterocycles. The molecule has 0 spiro atoms. The summed E-state index contributed by atoms with van der Waals surface area (Å²) >= 11 is 0. The first-order valence-corrected chi connectivity index (χ1v) is 9.66. The minimum Gasteiger partial charge on any atom is -0.394 e. The first-order valence-electron chi connectivity index (χ1n) is 8.13. The van der Waals surface area contributed by atoms with Crippen LogP contribution < -0.4 is 5.32 Å². The molecule has 2 aromatic rings. The molecule has 0 bridgehead atoms. The fourth-order valence-electron chi connectivity index (χ4n) is 2.25. The van der Waals surface area contributed by atoms with Gasteiger partial charge in [-0.1, -0.05) is 24.3 Å². The van der Waals surface area contributed by atoms with E-state index in [-0.39, 0.29) is 0 Å². The summed E-state index contributed by atoms with van der Waals surface area (Å²) in [6.07, 6.45) is 4.33. The van der Waals surface area contributed by atoms with Gasteiger partial charge in [0.05, 0.1) is 24.4 Å². The molecule has 2 atom stereocenters. The predicted molar refractivity (Wildman–Crippen MR) is 101 cm³/mol. The Hall–Kier alpha value is -2.35. The number of aliphatic hydroxyl groups excluding tert-OH is 1. The lowest BCUT2D eigenvalue weighted by molar-refractivity contribution is 0.0710. The number of aromatic nitrogens is 1. The van der Waals surface area contributed by atoms with Crippen LogP contribution in [0.5, 0.6) is 0 Å². The Labute approximate surface area is 156 Å². The Morgan fingerprint density at radius 1 is 1.22 bits per heavy atom. The van der Waals surface area contributed by atoms with Gasteiger partial charge in [-0.25, -0.2) is 4.57 Å². The molecule has 0 saturated carbocycles. The Balaban J connectivity index is 2.00. The van der Waals surface area contributed by atoms with E-state index in [9.17, 15) is 14.5 Å². The van der Waals surface area contributed by atoms with Crippen LogP contribution in [0.15, 0.2) is 48.7 Å². The fourth-order valence-corrected chi connectivity index (χ4v) is 2.84. The molecule has 0 aliphatic carbocycles. The van der Waals surface area contributed by atoms with Crippen molar-refractivity contribution in [1.29, 1.82) is 0 Å². The van der Waals surface area contributed by atoms with Gasteiger partial charge in [0.25, 0.3) is 5.91 Å². The summed E-state index contributed by atoms with van der Waals surface area (Å²) in [4.78, 5) is 34.1. The van der Waals surface area contributed by atoms with Crippen LogP contribution >= 0.6 is 7.82 Å². The highest BCUT2D eigenvalue weighted by Crippen LogP contribution is 2.38. The monoisotopic (exact) mass is 392 g/mol. The molecule has 0 radical (unpaired) electrons. The molecule has 1 aromatic carbocycles. The zero-order valence-corrected chi connectivity index (χ0v) is 15.5. The molecular weight excluding hydrogens is 371 g/mol. The normalized spacial score (nSPS) is 14.1. The van der Waals surface area contributed by atoms with Gasteiger partial charge >= 0.3 is 7.82 Å². The van der Waals surface area contributed by atoms with Crippen molar-refractivity contribution in [3.05, 3.63) is 65.5 Å². The lowest BCUT2D eigenvalue weighted by Gasteiger charge is -2.23. The molecular formula is C18H21N2O6P. The number of rotatable bonds is 8. The molecule has 27 heavy (non-hydrogen) atoms. The van der Waals surface area contributed by atoms with Crippen LogP contribution in [0.3, 0.4) is 0 Å². The maximum atomic E-state index is 12.3. The molecule has 1 aromatic heterocycles. The zero-order valence-electron chi connectivity index (χ0n) is 14.6. The summed E-state index contributed by atoms with van der Waals surface area (Å²) in [5.74, 6) is -0.490. The van der Waals surface area contributed by atoms with Crippen molar-refractivity contribution in [3.63, 3.8) is 0 Å². The van der Waals surface area contributed by atoms with Crippen LogP contribution in [-0.2, 0) is 9.09 Å². The fraction of sp³-hybridized carbons (Fsp3) is 0.222. The minimum atomic E-state index is -4.72. The van der Waals surface area contributed by atoms with E-state index < -0.39 is 32.5 Å². The van der Waals surface area contributed by atoms with E-state index in [0.29, 0.717) is 5.56 Å². The third kappa shape index (κ3) is 7.05. The Bertz CT molecular complexity index is 820. The molecule has 0 unspecified atom stereocenters. The summed E-state index contributed by atoms with van der Waals surface area (Å²) in [6, 6.07) is 11.3. The van der Waals surface area contributed by atoms with Crippen LogP contribution in [0.25, 0.3) is 12.2 Å². The van der Waals surface area contributed by atoms with Crippen molar-refractivity contribution >= 4 is 25.9 Å². The van der Waals surface area contributed by atoms with Gasteiger partial charge in [0, 0.05) is 11.8 Å². The predicted octanol–water partition coefficient (Wildman–Crippen LogP) is 1.84. The second-order valence-electron chi connectivity index (χ2n) is 5.77. The summed E-state index contributed by atoms with van der Waals surface area (Å²) in [6.45, 7) is 0.823. The Kier molecular flexibility index (Phi) is 7.41. The topological polar surface area (TPSA) is 129 Å². The number of nitrogens with one attached hydrogen (secondary N) is 1. The highest BCUT2D eigenvalue weighted by atomic mass is 31.2. The number of phosphoric acid groups is 1. The Morgan fingerprint density at radius 2 is 1.93 bits per heavy atom. The average molecular weight is 392 g/mol. The minimum absolute atomic E-state index is 0.340. The lowest BCUT2D eigenvalue weighted by atomic mass is 10.1. The van der Waals surface area contributed by atoms with Crippen molar-refractivity contribution in [1.82, 2.24) is 10.3 Å². The molecule has 144 valence electrons. The number of pyridine rings is 1. The van der Waals surface area contributed by atoms with Crippen LogP contribution in [0.1, 0.15) is 28.5 Å². The SMILES string of the molecule is C[C@H](OP(=O)(O)O)[C@H](CO)NC(=O)c1ccc(/C=C/c2ccccn2)cc1. The molecule has 0 fully saturated rings. The number of hydrogen-bond acceptors (Lipinski definition) is 5. The smallest absolute Gasteiger partial charge is 0.394 e. The second kappa shape index (κ2) is 9.55. The molecule has 1 heterocycles. The molecule has 0 aliphatic rings. The summed E-state index contributed by atoms with van der Waals surface area (Å²) in [5, 5.41) is 11.8. The van der Waals surface area contributed by atoms with Gasteiger partial charge in [0.2, 0.25) is 0 Å². The lowest BCUT2D eigenvalue weighted by Crippen LogP contribution is -2.45. The van der Waals surface area contributed by atoms with Crippen molar-refractivity contribution in [3.8, 4) is 0 Å². The van der Waals surface area contributed by atoms with E-state index >= 15 is 0 Å². The van der Waals surface area contributed by atoms with E-state index in [2.05, 4.69) is 14.8 Å². The summed E-state index contributed by atoms with van der Waals surface area (Å²) < 4.78 is 15.4. The van der Waals surface area contributed by atoms with Crippen LogP contribution in [0.2, 0.25) is 0 Å². The molecule has 2 rings (SSSR count). The van der Waals surface area contributed by atoms with Crippen LogP contribution in [0.4, 0.5) is 0 Å². The first-order chi connectivity index (χ1) is 12.8. The van der Waals surface area contributed by atoms with Gasteiger partial charge < -0.3 is 20.2 Å². The number of hydrogen-bond donors (Lipinski definition) is 4. The Morgan fingerprint density at radius 3 is 2.48 bits per heavy atom. The van der Waals surface area contributed by atoms with E-state index in [4.69, 9.17) is 9.79 Å². The van der Waals surface area contributed by atoms with Gasteiger partial charge in [-0.05, 0) is 42.8 Å². The van der Waals surface area contributed by atoms with Gasteiger partial charge in [0.15, 0.2) is 0 Å². The van der Waals surface area contributed by atoms with Crippen molar-refractivity contribution < 1.29 is 28.8 Å². The summed E-state index contributed by atoms with van der Waals surface area (Å²) in [5.41, 5.74) is 2.02. The van der Waals surface area contributed by atoms with Crippen molar-refractivity contribution in [2.24, 2.45) is 0 Å². The number of nitrogens with zero attached hydrogens (tertiary/aromatic N) is 1. The van der Waals surface area contributed by atoms with Gasteiger partial charge in [0.1, 0.15) is 0 Å². The number of carbonyl (C=O) groups excluding carboxylic acids is 1. The van der Waals surface area contributed by atoms with E-state index in [1.807, 2.05) is 30.4 Å². The number of aliphatic hydroxyl groups is 1. The third-order valence-corrected chi connectivity index (χ3v) is 4.30. The molecule has 4 N–H and O–H groups in total. The number of benzene rings is 1. The largest absolute Gasteiger partial charge is 0.469 e. The highest BCUT2D eigenvalue weighted by Gasteiger charge is 2.27. The molecule has 1 amide bonds. The van der Waals surface area contributed by atoms with Crippen molar-refractivity contribution in [2.75, 3.05) is 6.61 Å². The quantitative estimate of drug-likeness (QED) is 0.505. The maximum Gasteiger partial charge on any atom is 0.469 e. The van der Waals surface area contributed by atoms with Gasteiger partial charge in [-0.15, -0.1) is 0 Å². The first kappa shape index (κ1) is 21.0. The maximum absolute atomic E-state index is 12.3. The van der Waals surface area contributed by atoms with E-state index in [0.717, 1.165) is 11.3 Å². The summed E-state index contributed by atoms with van der Waals surface area (Å²) in [7, 11) is -4.72. The van der Waals surface area contributed by atoms with Gasteiger partial charge in [-0.2, -0.15) is 0 Å². The second-order valence-corrected chi connectivity index (χ2v) is 6.97. The molecule has 0 saturated heterocycles. The number of phosphoric ester groups is 1. The van der Waals surface area contributed by atoms with E-state index in [1.54, 1.807) is 30.5 Å². The number of carbonyl (C=O) groups is 1. The van der Waals surface area contributed by atoms with Crippen molar-refractivity contribution in [2.45, 2.75) is 19.1 Å². The molecule has 8 nitrogen and oxygen atoms in total.